The first-order chi connectivity index (χ1) is 13.6. The molecule has 0 spiro atoms. The summed E-state index contributed by atoms with van der Waals surface area (Å²) in [7, 11) is 0. The van der Waals surface area contributed by atoms with Crippen LogP contribution in [0.4, 0.5) is 10.8 Å². The lowest BCUT2D eigenvalue weighted by Gasteiger charge is -2.01. The maximum Gasteiger partial charge on any atom is 0.269 e. The number of amides is 1. The molecular formula is C20H13N3O3S2. The quantitative estimate of drug-likeness (QED) is 0.340. The van der Waals surface area contributed by atoms with Crippen molar-refractivity contribution in [2.45, 2.75) is 0 Å². The van der Waals surface area contributed by atoms with Gasteiger partial charge in [-0.05, 0) is 29.1 Å². The number of nitrogens with zero attached hydrogens (tertiary/aromatic N) is 2. The van der Waals surface area contributed by atoms with Gasteiger partial charge in [0.2, 0.25) is 0 Å². The minimum Gasteiger partial charge on any atom is -0.298 e. The molecule has 8 heteroatoms. The summed E-state index contributed by atoms with van der Waals surface area (Å²) >= 11 is 2.98. The smallest absolute Gasteiger partial charge is 0.269 e. The zero-order valence-electron chi connectivity index (χ0n) is 14.4. The summed E-state index contributed by atoms with van der Waals surface area (Å²) in [5, 5.41) is 16.0. The number of benzene rings is 2. The van der Waals surface area contributed by atoms with Crippen LogP contribution in [0.3, 0.4) is 0 Å². The summed E-state index contributed by atoms with van der Waals surface area (Å²) in [6, 6.07) is 19.3. The molecule has 4 aromatic rings. The lowest BCUT2D eigenvalue weighted by Crippen LogP contribution is -2.11. The molecule has 2 aromatic carbocycles. The zero-order valence-corrected chi connectivity index (χ0v) is 16.0. The molecule has 2 heterocycles. The molecule has 0 aliphatic heterocycles. The number of nitro benzene ring substituents is 1. The van der Waals surface area contributed by atoms with Crippen LogP contribution in [-0.4, -0.2) is 15.8 Å². The van der Waals surface area contributed by atoms with E-state index in [4.69, 9.17) is 0 Å². The van der Waals surface area contributed by atoms with Crippen LogP contribution in [0.25, 0.3) is 21.0 Å². The van der Waals surface area contributed by atoms with Crippen molar-refractivity contribution in [3.8, 4) is 21.0 Å². The van der Waals surface area contributed by atoms with Crippen LogP contribution in [0, 0.1) is 10.1 Å². The Morgan fingerprint density at radius 1 is 1.00 bits per heavy atom. The third-order valence-corrected chi connectivity index (χ3v) is 5.87. The summed E-state index contributed by atoms with van der Waals surface area (Å²) in [5.74, 6) is -0.360. The number of carbonyl (C=O) groups excluding carboxylic acids is 1. The first kappa shape index (κ1) is 18.0. The number of hydrogen-bond donors (Lipinski definition) is 1. The van der Waals surface area contributed by atoms with Gasteiger partial charge in [-0.15, -0.1) is 11.3 Å². The van der Waals surface area contributed by atoms with Gasteiger partial charge in [0, 0.05) is 17.7 Å². The second-order valence-electron chi connectivity index (χ2n) is 5.80. The topological polar surface area (TPSA) is 85.1 Å². The van der Waals surface area contributed by atoms with Gasteiger partial charge in [0.1, 0.15) is 5.69 Å². The highest BCUT2D eigenvalue weighted by Gasteiger charge is 2.18. The van der Waals surface area contributed by atoms with Crippen LogP contribution in [0.15, 0.2) is 72.1 Å². The maximum absolute atomic E-state index is 12.5. The van der Waals surface area contributed by atoms with Gasteiger partial charge >= 0.3 is 0 Å². The Bertz CT molecular complexity index is 1120. The third kappa shape index (κ3) is 3.68. The number of anilines is 1. The summed E-state index contributed by atoms with van der Waals surface area (Å²) in [6.45, 7) is 0. The normalized spacial score (nSPS) is 10.6. The fourth-order valence-electron chi connectivity index (χ4n) is 2.64. The van der Waals surface area contributed by atoms with E-state index in [0.717, 1.165) is 21.0 Å². The average Bonchev–Trinajstić information content (AvgIpc) is 3.38. The summed E-state index contributed by atoms with van der Waals surface area (Å²) in [4.78, 5) is 29.4. The number of thiophene rings is 1. The third-order valence-electron chi connectivity index (χ3n) is 3.98. The SMILES string of the molecule is O=C(Nc1nc(-c2cccs2)c(-c2ccccc2)s1)c1ccc([N+](=O)[O-])cc1. The number of non-ortho nitro benzene ring substituents is 1. The molecule has 138 valence electrons. The summed E-state index contributed by atoms with van der Waals surface area (Å²) < 4.78 is 0. The fraction of sp³-hybridized carbons (Fsp3) is 0. The molecule has 6 nitrogen and oxygen atoms in total. The van der Waals surface area contributed by atoms with E-state index in [0.29, 0.717) is 10.7 Å². The second-order valence-corrected chi connectivity index (χ2v) is 7.74. The molecule has 0 unspecified atom stereocenters. The Hall–Kier alpha value is -3.36. The maximum atomic E-state index is 12.5. The molecule has 0 atom stereocenters. The number of thiazole rings is 1. The lowest BCUT2D eigenvalue weighted by atomic mass is 10.1. The van der Waals surface area contributed by atoms with Crippen LogP contribution in [0.1, 0.15) is 10.4 Å². The molecule has 0 aliphatic carbocycles. The van der Waals surface area contributed by atoms with Crippen molar-refractivity contribution >= 4 is 39.4 Å². The van der Waals surface area contributed by atoms with Crippen molar-refractivity contribution in [1.82, 2.24) is 4.98 Å². The number of aromatic nitrogens is 1. The molecule has 2 aromatic heterocycles. The Balaban J connectivity index is 1.65. The molecular weight excluding hydrogens is 394 g/mol. The minimum atomic E-state index is -0.498. The van der Waals surface area contributed by atoms with E-state index in [9.17, 15) is 14.9 Å². The zero-order chi connectivity index (χ0) is 19.5. The van der Waals surface area contributed by atoms with E-state index in [2.05, 4.69) is 10.3 Å². The molecule has 0 fully saturated rings. The van der Waals surface area contributed by atoms with Crippen molar-refractivity contribution in [1.29, 1.82) is 0 Å². The molecule has 4 rings (SSSR count). The van der Waals surface area contributed by atoms with Crippen LogP contribution in [0.5, 0.6) is 0 Å². The van der Waals surface area contributed by atoms with Crippen molar-refractivity contribution in [3.63, 3.8) is 0 Å². The lowest BCUT2D eigenvalue weighted by molar-refractivity contribution is -0.384. The molecule has 0 bridgehead atoms. The van der Waals surface area contributed by atoms with Gasteiger partial charge in [0.25, 0.3) is 11.6 Å². The van der Waals surface area contributed by atoms with Crippen molar-refractivity contribution < 1.29 is 9.72 Å². The van der Waals surface area contributed by atoms with E-state index < -0.39 is 4.92 Å². The monoisotopic (exact) mass is 407 g/mol. The van der Waals surface area contributed by atoms with Gasteiger partial charge in [-0.1, -0.05) is 47.7 Å². The van der Waals surface area contributed by atoms with E-state index >= 15 is 0 Å². The Morgan fingerprint density at radius 2 is 1.75 bits per heavy atom. The first-order valence-electron chi connectivity index (χ1n) is 8.28. The number of hydrogen-bond acceptors (Lipinski definition) is 6. The van der Waals surface area contributed by atoms with Crippen LogP contribution in [-0.2, 0) is 0 Å². The van der Waals surface area contributed by atoms with Crippen LogP contribution >= 0.6 is 22.7 Å². The minimum absolute atomic E-state index is 0.0582. The van der Waals surface area contributed by atoms with Gasteiger partial charge in [0.15, 0.2) is 5.13 Å². The van der Waals surface area contributed by atoms with Crippen molar-refractivity contribution in [3.05, 3.63) is 87.8 Å². The highest BCUT2D eigenvalue weighted by Crippen LogP contribution is 2.40. The largest absolute Gasteiger partial charge is 0.298 e. The average molecular weight is 407 g/mol. The molecule has 0 radical (unpaired) electrons. The predicted octanol–water partition coefficient (Wildman–Crippen LogP) is 5.70. The summed E-state index contributed by atoms with van der Waals surface area (Å²) in [6.07, 6.45) is 0. The Labute approximate surface area is 168 Å². The van der Waals surface area contributed by atoms with Gasteiger partial charge in [-0.2, -0.15) is 0 Å². The molecule has 0 saturated carbocycles. The van der Waals surface area contributed by atoms with Gasteiger partial charge in [0.05, 0.1) is 14.7 Å². The van der Waals surface area contributed by atoms with E-state index in [1.165, 1.54) is 35.6 Å². The highest BCUT2D eigenvalue weighted by atomic mass is 32.1. The molecule has 28 heavy (non-hydrogen) atoms. The predicted molar refractivity (Wildman–Crippen MR) is 112 cm³/mol. The second kappa shape index (κ2) is 7.71. The first-order valence-corrected chi connectivity index (χ1v) is 9.97. The number of nitro groups is 1. The number of rotatable bonds is 5. The van der Waals surface area contributed by atoms with Crippen LogP contribution < -0.4 is 5.32 Å². The molecule has 1 N–H and O–H groups in total. The number of nitrogens with one attached hydrogen (secondary N) is 1. The fourth-order valence-corrected chi connectivity index (χ4v) is 4.41. The molecule has 0 saturated heterocycles. The van der Waals surface area contributed by atoms with E-state index in [1.807, 2.05) is 47.8 Å². The molecule has 1 amide bonds. The van der Waals surface area contributed by atoms with Crippen LogP contribution in [0.2, 0.25) is 0 Å². The van der Waals surface area contributed by atoms with Crippen molar-refractivity contribution in [2.75, 3.05) is 5.32 Å². The van der Waals surface area contributed by atoms with Gasteiger partial charge in [-0.3, -0.25) is 20.2 Å². The highest BCUT2D eigenvalue weighted by molar-refractivity contribution is 7.20. The summed E-state index contributed by atoms with van der Waals surface area (Å²) in [5.41, 5.74) is 2.13. The van der Waals surface area contributed by atoms with E-state index in [1.54, 1.807) is 11.3 Å². The molecule has 0 aliphatic rings. The number of carbonyl (C=O) groups is 1. The Kier molecular flexibility index (Phi) is 4.96. The Morgan fingerprint density at radius 3 is 2.39 bits per heavy atom. The van der Waals surface area contributed by atoms with Gasteiger partial charge in [-0.25, -0.2) is 4.98 Å². The van der Waals surface area contributed by atoms with Crippen molar-refractivity contribution in [2.24, 2.45) is 0 Å². The standard InChI is InChI=1S/C20H13N3O3S2/c24-19(14-8-10-15(11-9-14)23(25)26)22-20-21-17(16-7-4-12-27-16)18(28-20)13-5-2-1-3-6-13/h1-12H,(H,21,22,24). The van der Waals surface area contributed by atoms with E-state index in [-0.39, 0.29) is 11.6 Å². The van der Waals surface area contributed by atoms with Gasteiger partial charge < -0.3 is 0 Å².